The lowest BCUT2D eigenvalue weighted by atomic mass is 9.96. The molecule has 3 nitrogen and oxygen atoms in total. The number of hydrogen-bond donors (Lipinski definition) is 2. The number of nitrogens with two attached hydrogens (primary N) is 1. The van der Waals surface area contributed by atoms with Gasteiger partial charge >= 0.3 is 0 Å². The molecule has 104 valence electrons. The van der Waals surface area contributed by atoms with Gasteiger partial charge in [0, 0.05) is 31.9 Å². The summed E-state index contributed by atoms with van der Waals surface area (Å²) in [6.45, 7) is 2.98. The maximum atomic E-state index is 5.94. The van der Waals surface area contributed by atoms with E-state index in [1.807, 2.05) is 0 Å². The summed E-state index contributed by atoms with van der Waals surface area (Å²) in [6.07, 6.45) is 5.24. The Balaban J connectivity index is 1.75. The lowest BCUT2D eigenvalue weighted by Gasteiger charge is -2.29. The van der Waals surface area contributed by atoms with Crippen LogP contribution in [0.5, 0.6) is 0 Å². The first-order valence-corrected chi connectivity index (χ1v) is 7.55. The van der Waals surface area contributed by atoms with Crippen LogP contribution in [0.1, 0.15) is 36.4 Å². The van der Waals surface area contributed by atoms with Crippen molar-refractivity contribution in [1.82, 2.24) is 5.32 Å². The molecule has 1 aliphatic heterocycles. The molecule has 3 N–H and O–H groups in total. The number of nitrogens with one attached hydrogen (secondary N) is 1. The number of hydrogen-bond acceptors (Lipinski definition) is 3. The van der Waals surface area contributed by atoms with Crippen molar-refractivity contribution in [3.63, 3.8) is 0 Å². The fraction of sp³-hybridized carbons (Fsp3) is 0.625. The van der Waals surface area contributed by atoms with Crippen molar-refractivity contribution < 1.29 is 0 Å². The third-order valence-electron chi connectivity index (χ3n) is 4.44. The predicted molar refractivity (Wildman–Crippen MR) is 80.6 cm³/mol. The molecule has 19 heavy (non-hydrogen) atoms. The Morgan fingerprint density at radius 1 is 1.42 bits per heavy atom. The average Bonchev–Trinajstić information content (AvgIpc) is 3.24. The van der Waals surface area contributed by atoms with Crippen molar-refractivity contribution in [2.24, 2.45) is 11.7 Å². The Hall–Kier alpha value is -1.06. The Bertz CT molecular complexity index is 440. The Kier molecular flexibility index (Phi) is 3.76. The smallest absolute Gasteiger partial charge is 0.0444 e. The van der Waals surface area contributed by atoms with Gasteiger partial charge in [-0.05, 0) is 55.3 Å². The number of fused-ring (bicyclic) bond motifs is 1. The van der Waals surface area contributed by atoms with E-state index in [4.69, 9.17) is 5.73 Å². The number of anilines is 1. The minimum Gasteiger partial charge on any atom is -0.374 e. The van der Waals surface area contributed by atoms with Crippen molar-refractivity contribution in [2.45, 2.75) is 31.7 Å². The zero-order valence-electron chi connectivity index (χ0n) is 11.9. The van der Waals surface area contributed by atoms with Crippen LogP contribution in [0.15, 0.2) is 18.2 Å². The van der Waals surface area contributed by atoms with Gasteiger partial charge in [-0.25, -0.2) is 0 Å². The summed E-state index contributed by atoms with van der Waals surface area (Å²) in [6, 6.07) is 7.20. The van der Waals surface area contributed by atoms with Crippen molar-refractivity contribution in [3.05, 3.63) is 29.3 Å². The lowest BCUT2D eigenvalue weighted by molar-refractivity contribution is 0.521. The van der Waals surface area contributed by atoms with Gasteiger partial charge < -0.3 is 16.0 Å². The fourth-order valence-corrected chi connectivity index (χ4v) is 2.99. The topological polar surface area (TPSA) is 41.3 Å². The zero-order chi connectivity index (χ0) is 13.2. The van der Waals surface area contributed by atoms with Gasteiger partial charge in [-0.3, -0.25) is 0 Å². The second kappa shape index (κ2) is 5.51. The Morgan fingerprint density at radius 3 is 3.00 bits per heavy atom. The van der Waals surface area contributed by atoms with Gasteiger partial charge in [0.25, 0.3) is 0 Å². The van der Waals surface area contributed by atoms with Crippen molar-refractivity contribution in [2.75, 3.05) is 31.6 Å². The fourth-order valence-electron chi connectivity index (χ4n) is 2.99. The quantitative estimate of drug-likeness (QED) is 0.850. The van der Waals surface area contributed by atoms with Gasteiger partial charge in [-0.2, -0.15) is 0 Å². The molecule has 3 rings (SSSR count). The Labute approximate surface area is 116 Å². The molecule has 1 atom stereocenters. The molecular formula is C16H25N3. The molecule has 1 heterocycles. The molecule has 0 amide bonds. The number of benzene rings is 1. The Morgan fingerprint density at radius 2 is 2.26 bits per heavy atom. The van der Waals surface area contributed by atoms with E-state index < -0.39 is 0 Å². The van der Waals surface area contributed by atoms with E-state index in [0.717, 1.165) is 12.5 Å². The predicted octanol–water partition coefficient (Wildman–Crippen LogP) is 2.07. The first-order chi connectivity index (χ1) is 9.28. The van der Waals surface area contributed by atoms with Crippen LogP contribution in [0.3, 0.4) is 0 Å². The average molecular weight is 259 g/mol. The van der Waals surface area contributed by atoms with Crippen LogP contribution >= 0.6 is 0 Å². The molecule has 0 bridgehead atoms. The highest BCUT2D eigenvalue weighted by Gasteiger charge is 2.23. The summed E-state index contributed by atoms with van der Waals surface area (Å²) in [5, 5.41) is 3.63. The van der Waals surface area contributed by atoms with Gasteiger partial charge in [0.1, 0.15) is 0 Å². The zero-order valence-corrected chi connectivity index (χ0v) is 11.9. The lowest BCUT2D eigenvalue weighted by Crippen LogP contribution is -2.30. The highest BCUT2D eigenvalue weighted by Crippen LogP contribution is 2.30. The molecule has 0 radical (unpaired) electrons. The summed E-state index contributed by atoms with van der Waals surface area (Å²) in [4.78, 5) is 2.36. The van der Waals surface area contributed by atoms with Gasteiger partial charge in [-0.15, -0.1) is 0 Å². The van der Waals surface area contributed by atoms with Crippen LogP contribution in [0, 0.1) is 5.92 Å². The van der Waals surface area contributed by atoms with Crippen molar-refractivity contribution in [1.29, 1.82) is 0 Å². The second-order valence-corrected chi connectivity index (χ2v) is 6.05. The third-order valence-corrected chi connectivity index (χ3v) is 4.44. The number of rotatable bonds is 5. The van der Waals surface area contributed by atoms with E-state index in [1.165, 1.54) is 49.0 Å². The molecule has 0 aromatic heterocycles. The molecule has 3 heteroatoms. The largest absolute Gasteiger partial charge is 0.374 e. The number of aryl methyl sites for hydroxylation is 1. The molecule has 1 aromatic rings. The molecule has 2 aliphatic rings. The molecule has 1 saturated carbocycles. The summed E-state index contributed by atoms with van der Waals surface area (Å²) in [7, 11) is 2.18. The van der Waals surface area contributed by atoms with E-state index in [9.17, 15) is 0 Å². The standard InChI is InChI=1S/C16H25N3/c1-19-8-2-3-14-9-13(6-7-16(14)19)15(10-17)18-11-12-4-5-12/h6-7,9,12,15,18H,2-5,8,10-11,17H2,1H3. The van der Waals surface area contributed by atoms with Gasteiger partial charge in [0.15, 0.2) is 0 Å². The molecule has 1 fully saturated rings. The third kappa shape index (κ3) is 2.93. The monoisotopic (exact) mass is 259 g/mol. The van der Waals surface area contributed by atoms with E-state index in [1.54, 1.807) is 0 Å². The van der Waals surface area contributed by atoms with Crippen LogP contribution in [-0.4, -0.2) is 26.7 Å². The normalized spacial score (nSPS) is 20.2. The number of nitrogens with zero attached hydrogens (tertiary/aromatic N) is 1. The van der Waals surface area contributed by atoms with Crippen LogP contribution in [0.2, 0.25) is 0 Å². The van der Waals surface area contributed by atoms with Crippen LogP contribution in [-0.2, 0) is 6.42 Å². The van der Waals surface area contributed by atoms with Gasteiger partial charge in [0.05, 0.1) is 0 Å². The van der Waals surface area contributed by atoms with E-state index in [-0.39, 0.29) is 0 Å². The summed E-state index contributed by atoms with van der Waals surface area (Å²) in [5.41, 5.74) is 10.2. The summed E-state index contributed by atoms with van der Waals surface area (Å²) in [5.74, 6) is 0.901. The highest BCUT2D eigenvalue weighted by molar-refractivity contribution is 5.56. The summed E-state index contributed by atoms with van der Waals surface area (Å²) >= 11 is 0. The molecule has 0 saturated heterocycles. The molecular weight excluding hydrogens is 234 g/mol. The van der Waals surface area contributed by atoms with Crippen LogP contribution < -0.4 is 16.0 Å². The minimum absolute atomic E-state index is 0.318. The molecule has 1 aromatic carbocycles. The molecule has 1 aliphatic carbocycles. The van der Waals surface area contributed by atoms with Crippen molar-refractivity contribution in [3.8, 4) is 0 Å². The first kappa shape index (κ1) is 12.9. The second-order valence-electron chi connectivity index (χ2n) is 6.05. The van der Waals surface area contributed by atoms with Crippen molar-refractivity contribution >= 4 is 5.69 Å². The summed E-state index contributed by atoms with van der Waals surface area (Å²) < 4.78 is 0. The van der Waals surface area contributed by atoms with Gasteiger partial charge in [-0.1, -0.05) is 12.1 Å². The maximum absolute atomic E-state index is 5.94. The SMILES string of the molecule is CN1CCCc2cc(C(CN)NCC3CC3)ccc21. The maximum Gasteiger partial charge on any atom is 0.0444 e. The van der Waals surface area contributed by atoms with Crippen LogP contribution in [0.4, 0.5) is 5.69 Å². The van der Waals surface area contributed by atoms with Crippen LogP contribution in [0.25, 0.3) is 0 Å². The minimum atomic E-state index is 0.318. The molecule has 1 unspecified atom stereocenters. The van der Waals surface area contributed by atoms with E-state index in [0.29, 0.717) is 12.6 Å². The van der Waals surface area contributed by atoms with Gasteiger partial charge in [0.2, 0.25) is 0 Å². The van der Waals surface area contributed by atoms with E-state index in [2.05, 4.69) is 35.5 Å². The van der Waals surface area contributed by atoms with E-state index >= 15 is 0 Å². The molecule has 0 spiro atoms. The highest BCUT2D eigenvalue weighted by atomic mass is 15.1. The first-order valence-electron chi connectivity index (χ1n) is 7.55.